The summed E-state index contributed by atoms with van der Waals surface area (Å²) in [6, 6.07) is 76.0. The normalized spacial score (nSPS) is 11.1. The number of aromatic nitrogens is 4. The first-order chi connectivity index (χ1) is 28.7. The summed E-state index contributed by atoms with van der Waals surface area (Å²) in [7, 11) is 0. The summed E-state index contributed by atoms with van der Waals surface area (Å²) in [6.07, 6.45) is 0. The number of pyridine rings is 1. The highest BCUT2D eigenvalue weighted by Gasteiger charge is 2.16. The predicted molar refractivity (Wildman–Crippen MR) is 239 cm³/mol. The minimum absolute atomic E-state index is 0.633. The summed E-state index contributed by atoms with van der Waals surface area (Å²) >= 11 is 0. The topological polar surface area (TPSA) is 51.6 Å². The molecule has 0 aliphatic rings. The van der Waals surface area contributed by atoms with Gasteiger partial charge in [-0.2, -0.15) is 0 Å². The van der Waals surface area contributed by atoms with Crippen LogP contribution in [0.25, 0.3) is 101 Å². The summed E-state index contributed by atoms with van der Waals surface area (Å²) in [5, 5.41) is 2.38. The van der Waals surface area contributed by atoms with Crippen LogP contribution in [-0.4, -0.2) is 19.9 Å². The maximum absolute atomic E-state index is 5.17. The average molecular weight is 741 g/mol. The summed E-state index contributed by atoms with van der Waals surface area (Å²) in [6.45, 7) is 0. The molecule has 2 aromatic heterocycles. The molecule has 0 spiro atoms. The fraction of sp³-hybridized carbons (Fsp3) is 0. The molecule has 0 aliphatic carbocycles. The van der Waals surface area contributed by atoms with E-state index in [2.05, 4.69) is 152 Å². The Balaban J connectivity index is 1.04. The van der Waals surface area contributed by atoms with Gasteiger partial charge < -0.3 is 0 Å². The third kappa shape index (κ3) is 6.95. The number of fused-ring (bicyclic) bond motifs is 1. The second-order valence-electron chi connectivity index (χ2n) is 14.3. The third-order valence-electron chi connectivity index (χ3n) is 10.6. The fourth-order valence-corrected chi connectivity index (χ4v) is 7.60. The largest absolute Gasteiger partial charge is 0.248 e. The molecule has 0 saturated carbocycles. The van der Waals surface area contributed by atoms with Gasteiger partial charge in [0.15, 0.2) is 17.5 Å². The van der Waals surface area contributed by atoms with Crippen molar-refractivity contribution in [3.63, 3.8) is 0 Å². The van der Waals surface area contributed by atoms with Gasteiger partial charge in [0.05, 0.1) is 11.4 Å². The van der Waals surface area contributed by atoms with Crippen molar-refractivity contribution in [1.82, 2.24) is 19.9 Å². The zero-order valence-corrected chi connectivity index (χ0v) is 31.6. The molecule has 4 nitrogen and oxygen atoms in total. The maximum atomic E-state index is 5.17. The lowest BCUT2D eigenvalue weighted by molar-refractivity contribution is 1.07. The van der Waals surface area contributed by atoms with Crippen LogP contribution in [0.15, 0.2) is 218 Å². The van der Waals surface area contributed by atoms with Crippen molar-refractivity contribution in [3.05, 3.63) is 218 Å². The minimum Gasteiger partial charge on any atom is -0.248 e. The number of hydrogen-bond donors (Lipinski definition) is 0. The molecule has 0 unspecified atom stereocenters. The van der Waals surface area contributed by atoms with Gasteiger partial charge in [0.2, 0.25) is 0 Å². The predicted octanol–water partition coefficient (Wildman–Crippen LogP) is 13.8. The first-order valence-corrected chi connectivity index (χ1v) is 19.5. The van der Waals surface area contributed by atoms with Crippen LogP contribution in [0.1, 0.15) is 0 Å². The lowest BCUT2D eigenvalue weighted by atomic mass is 9.89. The van der Waals surface area contributed by atoms with Gasteiger partial charge in [0.1, 0.15) is 0 Å². The summed E-state index contributed by atoms with van der Waals surface area (Å²) in [5.74, 6) is 1.92. The van der Waals surface area contributed by atoms with E-state index in [0.29, 0.717) is 17.5 Å². The zero-order chi connectivity index (χ0) is 38.7. The summed E-state index contributed by atoms with van der Waals surface area (Å²) < 4.78 is 0. The first-order valence-electron chi connectivity index (χ1n) is 19.5. The van der Waals surface area contributed by atoms with Crippen molar-refractivity contribution in [2.75, 3.05) is 0 Å². The molecule has 10 rings (SSSR count). The van der Waals surface area contributed by atoms with Crippen molar-refractivity contribution in [3.8, 4) is 90.1 Å². The number of hydrogen-bond acceptors (Lipinski definition) is 4. The van der Waals surface area contributed by atoms with Crippen LogP contribution in [-0.2, 0) is 0 Å². The molecule has 4 heteroatoms. The van der Waals surface area contributed by atoms with Gasteiger partial charge in [-0.15, -0.1) is 0 Å². The third-order valence-corrected chi connectivity index (χ3v) is 10.6. The van der Waals surface area contributed by atoms with Crippen molar-refractivity contribution >= 4 is 10.8 Å². The fourth-order valence-electron chi connectivity index (χ4n) is 7.60. The van der Waals surface area contributed by atoms with Crippen LogP contribution in [0.4, 0.5) is 0 Å². The highest BCUT2D eigenvalue weighted by atomic mass is 15.0. The SMILES string of the molecule is c1ccc(-c2cc(-c3ccccc3)nc(-c3ccc(-c4ccc5ccccc5c4-c4ccc(-c5nc(-c6ccccc6)nc(-c6ccccc6)n5)cc4)cc3)c2)cc1. The van der Waals surface area contributed by atoms with E-state index >= 15 is 0 Å². The summed E-state index contributed by atoms with van der Waals surface area (Å²) in [4.78, 5) is 20.0. The second-order valence-corrected chi connectivity index (χ2v) is 14.3. The quantitative estimate of drug-likeness (QED) is 0.156. The highest BCUT2D eigenvalue weighted by molar-refractivity contribution is 6.04. The summed E-state index contributed by atoms with van der Waals surface area (Å²) in [5.41, 5.74) is 13.7. The highest BCUT2D eigenvalue weighted by Crippen LogP contribution is 2.40. The van der Waals surface area contributed by atoms with Crippen LogP contribution in [0.5, 0.6) is 0 Å². The molecule has 2 heterocycles. The Hall–Kier alpha value is -7.82. The van der Waals surface area contributed by atoms with Gasteiger partial charge in [-0.05, 0) is 56.3 Å². The molecule has 272 valence electrons. The molecule has 0 saturated heterocycles. The van der Waals surface area contributed by atoms with Crippen LogP contribution in [0, 0.1) is 0 Å². The molecule has 0 radical (unpaired) electrons. The Morgan fingerprint density at radius 1 is 0.241 bits per heavy atom. The van der Waals surface area contributed by atoms with Gasteiger partial charge in [0, 0.05) is 27.8 Å². The van der Waals surface area contributed by atoms with E-state index in [-0.39, 0.29) is 0 Å². The van der Waals surface area contributed by atoms with E-state index in [4.69, 9.17) is 19.9 Å². The lowest BCUT2D eigenvalue weighted by Crippen LogP contribution is -2.00. The van der Waals surface area contributed by atoms with Crippen molar-refractivity contribution < 1.29 is 0 Å². The van der Waals surface area contributed by atoms with Crippen LogP contribution >= 0.6 is 0 Å². The van der Waals surface area contributed by atoms with Gasteiger partial charge in [-0.3, -0.25) is 0 Å². The standard InChI is InChI=1S/C54H36N4/c1-5-15-37(16-6-1)46-35-49(40-18-7-2-8-19-40)55-50(36-46)41-27-25-39(26-28-41)48-34-33-38-17-13-14-24-47(38)51(48)42-29-31-45(32-30-42)54-57-52(43-20-9-3-10-21-43)56-53(58-54)44-22-11-4-12-23-44/h1-36H. The van der Waals surface area contributed by atoms with E-state index in [1.54, 1.807) is 0 Å². The Morgan fingerprint density at radius 3 is 1.19 bits per heavy atom. The Kier molecular flexibility index (Phi) is 9.18. The molecule has 10 aromatic rings. The molecular formula is C54H36N4. The van der Waals surface area contributed by atoms with E-state index in [9.17, 15) is 0 Å². The molecule has 0 amide bonds. The van der Waals surface area contributed by atoms with Crippen molar-refractivity contribution in [2.24, 2.45) is 0 Å². The van der Waals surface area contributed by atoms with Crippen LogP contribution in [0.3, 0.4) is 0 Å². The molecule has 0 atom stereocenters. The number of nitrogens with zero attached hydrogens (tertiary/aromatic N) is 4. The lowest BCUT2D eigenvalue weighted by Gasteiger charge is -2.16. The van der Waals surface area contributed by atoms with Gasteiger partial charge in [-0.1, -0.05) is 206 Å². The monoisotopic (exact) mass is 740 g/mol. The first kappa shape index (κ1) is 34.7. The van der Waals surface area contributed by atoms with Crippen molar-refractivity contribution in [1.29, 1.82) is 0 Å². The molecular weight excluding hydrogens is 705 g/mol. The van der Waals surface area contributed by atoms with Gasteiger partial charge in [-0.25, -0.2) is 19.9 Å². The maximum Gasteiger partial charge on any atom is 0.164 e. The molecule has 0 fully saturated rings. The van der Waals surface area contributed by atoms with E-state index in [1.165, 1.54) is 16.3 Å². The second kappa shape index (κ2) is 15.4. The molecule has 8 aromatic carbocycles. The minimum atomic E-state index is 0.633. The number of benzene rings is 8. The van der Waals surface area contributed by atoms with Crippen molar-refractivity contribution in [2.45, 2.75) is 0 Å². The van der Waals surface area contributed by atoms with E-state index < -0.39 is 0 Å². The number of rotatable bonds is 8. The Labute approximate surface area is 337 Å². The average Bonchev–Trinajstić information content (AvgIpc) is 3.32. The smallest absolute Gasteiger partial charge is 0.164 e. The van der Waals surface area contributed by atoms with Crippen LogP contribution in [0.2, 0.25) is 0 Å². The van der Waals surface area contributed by atoms with Gasteiger partial charge in [0.25, 0.3) is 0 Å². The molecule has 0 aliphatic heterocycles. The van der Waals surface area contributed by atoms with E-state index in [1.807, 2.05) is 66.7 Å². The molecule has 58 heavy (non-hydrogen) atoms. The Bertz CT molecular complexity index is 2890. The molecule has 0 N–H and O–H groups in total. The van der Waals surface area contributed by atoms with E-state index in [0.717, 1.165) is 67.0 Å². The molecule has 0 bridgehead atoms. The van der Waals surface area contributed by atoms with Crippen LogP contribution < -0.4 is 0 Å². The Morgan fingerprint density at radius 2 is 0.638 bits per heavy atom. The zero-order valence-electron chi connectivity index (χ0n) is 31.6. The van der Waals surface area contributed by atoms with Gasteiger partial charge >= 0.3 is 0 Å².